The van der Waals surface area contributed by atoms with Gasteiger partial charge in [-0.25, -0.2) is 4.79 Å². The van der Waals surface area contributed by atoms with Crippen molar-refractivity contribution in [2.75, 3.05) is 0 Å². The lowest BCUT2D eigenvalue weighted by atomic mass is 10.1. The van der Waals surface area contributed by atoms with E-state index in [4.69, 9.17) is 5.11 Å². The molecule has 0 radical (unpaired) electrons. The Balaban J connectivity index is 2.76. The van der Waals surface area contributed by atoms with Crippen LogP contribution in [0.3, 0.4) is 0 Å². The molecule has 1 aromatic heterocycles. The van der Waals surface area contributed by atoms with Crippen LogP contribution in [0.25, 0.3) is 10.1 Å². The second-order valence-corrected chi connectivity index (χ2v) is 4.49. The van der Waals surface area contributed by atoms with Crippen molar-refractivity contribution in [3.8, 4) is 0 Å². The summed E-state index contributed by atoms with van der Waals surface area (Å²) in [6.45, 7) is 4.03. The molecule has 0 bridgehead atoms. The molecular weight excluding hydrogens is 196 g/mol. The first kappa shape index (κ1) is 9.21. The normalized spacial score (nSPS) is 10.7. The lowest BCUT2D eigenvalue weighted by Crippen LogP contribution is -1.89. The van der Waals surface area contributed by atoms with Gasteiger partial charge in [-0.2, -0.15) is 0 Å². The van der Waals surface area contributed by atoms with E-state index in [-0.39, 0.29) is 0 Å². The third-order valence-electron chi connectivity index (χ3n) is 2.20. The van der Waals surface area contributed by atoms with Crippen molar-refractivity contribution in [3.63, 3.8) is 0 Å². The highest BCUT2D eigenvalue weighted by Crippen LogP contribution is 2.29. The Morgan fingerprint density at radius 3 is 2.64 bits per heavy atom. The fraction of sp³-hybridized carbons (Fsp3) is 0.182. The average Bonchev–Trinajstić information content (AvgIpc) is 2.47. The lowest BCUT2D eigenvalue weighted by Gasteiger charge is -1.97. The number of rotatable bonds is 1. The molecule has 0 aliphatic carbocycles. The summed E-state index contributed by atoms with van der Waals surface area (Å²) in [4.78, 5) is 11.2. The van der Waals surface area contributed by atoms with Crippen molar-refractivity contribution in [1.82, 2.24) is 0 Å². The molecule has 2 rings (SSSR count). The highest BCUT2D eigenvalue weighted by molar-refractivity contribution is 7.20. The summed E-state index contributed by atoms with van der Waals surface area (Å²) in [5.41, 5.74) is 2.32. The molecule has 0 saturated carbocycles. The maximum absolute atomic E-state index is 10.8. The second kappa shape index (κ2) is 3.10. The molecule has 1 aromatic carbocycles. The molecule has 0 spiro atoms. The van der Waals surface area contributed by atoms with E-state index in [0.29, 0.717) is 4.88 Å². The number of benzene rings is 1. The summed E-state index contributed by atoms with van der Waals surface area (Å²) in [7, 11) is 0. The molecular formula is C11H10O2S. The van der Waals surface area contributed by atoms with Gasteiger partial charge in [-0.05, 0) is 42.5 Å². The van der Waals surface area contributed by atoms with E-state index in [1.807, 2.05) is 19.9 Å². The summed E-state index contributed by atoms with van der Waals surface area (Å²) in [5.74, 6) is -0.844. The van der Waals surface area contributed by atoms with Gasteiger partial charge in [0.25, 0.3) is 0 Å². The van der Waals surface area contributed by atoms with E-state index in [0.717, 1.165) is 15.6 Å². The molecule has 0 atom stereocenters. The van der Waals surface area contributed by atoms with E-state index in [1.54, 1.807) is 6.07 Å². The standard InChI is InChI=1S/C11H10O2S/c1-6-3-7(2)8-5-10(11(12)13)14-9(8)4-6/h3-5H,1-2H3,(H,12,13). The van der Waals surface area contributed by atoms with Crippen LogP contribution in [-0.2, 0) is 0 Å². The van der Waals surface area contributed by atoms with Crippen LogP contribution < -0.4 is 0 Å². The van der Waals surface area contributed by atoms with Crippen molar-refractivity contribution >= 4 is 27.4 Å². The SMILES string of the molecule is Cc1cc(C)c2cc(C(=O)O)sc2c1. The fourth-order valence-corrected chi connectivity index (χ4v) is 2.67. The van der Waals surface area contributed by atoms with Crippen molar-refractivity contribution < 1.29 is 9.90 Å². The van der Waals surface area contributed by atoms with Crippen LogP contribution in [0.15, 0.2) is 18.2 Å². The quantitative estimate of drug-likeness (QED) is 0.777. The van der Waals surface area contributed by atoms with Gasteiger partial charge in [-0.15, -0.1) is 11.3 Å². The Morgan fingerprint density at radius 2 is 2.00 bits per heavy atom. The fourth-order valence-electron chi connectivity index (χ4n) is 1.59. The topological polar surface area (TPSA) is 37.3 Å². The molecule has 1 N–H and O–H groups in total. The number of carboxylic acids is 1. The first-order chi connectivity index (χ1) is 6.58. The van der Waals surface area contributed by atoms with Gasteiger partial charge in [-0.1, -0.05) is 6.07 Å². The van der Waals surface area contributed by atoms with Crippen LogP contribution >= 0.6 is 11.3 Å². The second-order valence-electron chi connectivity index (χ2n) is 3.41. The Bertz CT molecular complexity index is 511. The van der Waals surface area contributed by atoms with E-state index in [1.165, 1.54) is 16.9 Å². The first-order valence-corrected chi connectivity index (χ1v) is 5.13. The number of hydrogen-bond acceptors (Lipinski definition) is 2. The molecule has 0 amide bonds. The molecule has 2 nitrogen and oxygen atoms in total. The molecule has 1 heterocycles. The number of hydrogen-bond donors (Lipinski definition) is 1. The molecule has 14 heavy (non-hydrogen) atoms. The van der Waals surface area contributed by atoms with Gasteiger partial charge < -0.3 is 5.11 Å². The molecule has 3 heteroatoms. The van der Waals surface area contributed by atoms with Crippen molar-refractivity contribution in [2.24, 2.45) is 0 Å². The number of thiophene rings is 1. The maximum Gasteiger partial charge on any atom is 0.345 e. The molecule has 0 aliphatic heterocycles. The Hall–Kier alpha value is -1.35. The van der Waals surface area contributed by atoms with E-state index in [9.17, 15) is 4.79 Å². The largest absolute Gasteiger partial charge is 0.477 e. The maximum atomic E-state index is 10.8. The van der Waals surface area contributed by atoms with Gasteiger partial charge >= 0.3 is 5.97 Å². The summed E-state index contributed by atoms with van der Waals surface area (Å²) < 4.78 is 1.06. The predicted octanol–water partition coefficient (Wildman–Crippen LogP) is 3.22. The van der Waals surface area contributed by atoms with Crippen molar-refractivity contribution in [1.29, 1.82) is 0 Å². The van der Waals surface area contributed by atoms with Gasteiger partial charge in [0, 0.05) is 4.70 Å². The smallest absolute Gasteiger partial charge is 0.345 e. The van der Waals surface area contributed by atoms with Crippen LogP contribution in [-0.4, -0.2) is 11.1 Å². The minimum Gasteiger partial charge on any atom is -0.477 e. The lowest BCUT2D eigenvalue weighted by molar-refractivity contribution is 0.0702. The van der Waals surface area contributed by atoms with Crippen LogP contribution in [0.1, 0.15) is 20.8 Å². The number of aryl methyl sites for hydroxylation is 2. The number of carboxylic acid groups (broad SMARTS) is 1. The molecule has 0 aliphatic rings. The third-order valence-corrected chi connectivity index (χ3v) is 3.27. The monoisotopic (exact) mass is 206 g/mol. The average molecular weight is 206 g/mol. The van der Waals surface area contributed by atoms with Gasteiger partial charge in [0.05, 0.1) is 0 Å². The summed E-state index contributed by atoms with van der Waals surface area (Å²) >= 11 is 1.33. The summed E-state index contributed by atoms with van der Waals surface area (Å²) in [6.07, 6.45) is 0. The van der Waals surface area contributed by atoms with Crippen molar-refractivity contribution in [3.05, 3.63) is 34.2 Å². The Morgan fingerprint density at radius 1 is 1.29 bits per heavy atom. The van der Waals surface area contributed by atoms with Crippen molar-refractivity contribution in [2.45, 2.75) is 13.8 Å². The highest BCUT2D eigenvalue weighted by atomic mass is 32.1. The highest BCUT2D eigenvalue weighted by Gasteiger charge is 2.09. The summed E-state index contributed by atoms with van der Waals surface area (Å²) in [5, 5.41) is 9.91. The molecule has 0 unspecified atom stereocenters. The molecule has 2 aromatic rings. The van der Waals surface area contributed by atoms with E-state index in [2.05, 4.69) is 6.07 Å². The predicted molar refractivity (Wildman–Crippen MR) is 58.3 cm³/mol. The zero-order chi connectivity index (χ0) is 10.3. The van der Waals surface area contributed by atoms with Crippen LogP contribution in [0.2, 0.25) is 0 Å². The summed E-state index contributed by atoms with van der Waals surface area (Å²) in [6, 6.07) is 5.84. The van der Waals surface area contributed by atoms with Crippen LogP contribution in [0.4, 0.5) is 0 Å². The number of fused-ring (bicyclic) bond motifs is 1. The number of aromatic carboxylic acids is 1. The zero-order valence-electron chi connectivity index (χ0n) is 8.00. The number of carbonyl (C=O) groups is 1. The van der Waals surface area contributed by atoms with Gasteiger partial charge in [-0.3, -0.25) is 0 Å². The first-order valence-electron chi connectivity index (χ1n) is 4.32. The molecule has 0 saturated heterocycles. The van der Waals surface area contributed by atoms with E-state index < -0.39 is 5.97 Å². The minimum atomic E-state index is -0.844. The van der Waals surface area contributed by atoms with Crippen LogP contribution in [0.5, 0.6) is 0 Å². The molecule has 0 fully saturated rings. The van der Waals surface area contributed by atoms with Gasteiger partial charge in [0.15, 0.2) is 0 Å². The van der Waals surface area contributed by atoms with Crippen LogP contribution in [0, 0.1) is 13.8 Å². The minimum absolute atomic E-state index is 0.411. The van der Waals surface area contributed by atoms with E-state index >= 15 is 0 Å². The third kappa shape index (κ3) is 1.40. The Kier molecular flexibility index (Phi) is 2.04. The van der Waals surface area contributed by atoms with Gasteiger partial charge in [0.1, 0.15) is 4.88 Å². The Labute approximate surface area is 85.8 Å². The van der Waals surface area contributed by atoms with Gasteiger partial charge in [0.2, 0.25) is 0 Å². The molecule has 72 valence electrons. The zero-order valence-corrected chi connectivity index (χ0v) is 8.81.